The third kappa shape index (κ3) is 3.68. The molecule has 0 bridgehead atoms. The fourth-order valence-corrected chi connectivity index (χ4v) is 3.29. The molecule has 4 rings (SSSR count). The van der Waals surface area contributed by atoms with Gasteiger partial charge in [-0.25, -0.2) is 0 Å². The lowest BCUT2D eigenvalue weighted by atomic mass is 10.0. The van der Waals surface area contributed by atoms with E-state index in [0.29, 0.717) is 10.7 Å². The molecular formula is C23H17ClN2O2. The number of carbonyl (C=O) groups is 1. The molecular weight excluding hydrogens is 372 g/mol. The van der Waals surface area contributed by atoms with Gasteiger partial charge in [0.1, 0.15) is 5.56 Å². The number of nitrogens with one attached hydrogen (secondary N) is 2. The Morgan fingerprint density at radius 1 is 0.893 bits per heavy atom. The molecule has 4 nitrogen and oxygen atoms in total. The second-order valence-electron chi connectivity index (χ2n) is 6.45. The first-order chi connectivity index (χ1) is 13.6. The van der Waals surface area contributed by atoms with Crippen molar-refractivity contribution in [2.75, 3.05) is 0 Å². The van der Waals surface area contributed by atoms with Crippen molar-refractivity contribution in [2.24, 2.45) is 0 Å². The van der Waals surface area contributed by atoms with Crippen LogP contribution in [-0.4, -0.2) is 10.9 Å². The average molecular weight is 389 g/mol. The number of carbonyl (C=O) groups excluding carboxylic acids is 1. The number of aromatic amines is 1. The molecule has 0 unspecified atom stereocenters. The average Bonchev–Trinajstić information content (AvgIpc) is 2.72. The van der Waals surface area contributed by atoms with Crippen molar-refractivity contribution < 1.29 is 4.79 Å². The Labute approximate surface area is 166 Å². The zero-order valence-electron chi connectivity index (χ0n) is 14.9. The van der Waals surface area contributed by atoms with Crippen molar-refractivity contribution in [3.05, 3.63) is 105 Å². The van der Waals surface area contributed by atoms with Crippen molar-refractivity contribution in [1.82, 2.24) is 10.3 Å². The Bertz CT molecular complexity index is 1230. The zero-order chi connectivity index (χ0) is 19.5. The van der Waals surface area contributed by atoms with E-state index < -0.39 is 11.5 Å². The van der Waals surface area contributed by atoms with E-state index in [1.54, 1.807) is 18.2 Å². The van der Waals surface area contributed by atoms with Crippen molar-refractivity contribution >= 4 is 28.3 Å². The first kappa shape index (κ1) is 18.0. The summed E-state index contributed by atoms with van der Waals surface area (Å²) in [6.45, 7) is 0.254. The first-order valence-electron chi connectivity index (χ1n) is 8.86. The van der Waals surface area contributed by atoms with Crippen molar-refractivity contribution in [1.29, 1.82) is 0 Å². The minimum absolute atomic E-state index is 0.0663. The molecule has 5 heteroatoms. The highest BCUT2D eigenvalue weighted by Gasteiger charge is 2.12. The van der Waals surface area contributed by atoms with Crippen LogP contribution in [-0.2, 0) is 6.54 Å². The van der Waals surface area contributed by atoms with E-state index in [2.05, 4.69) is 10.3 Å². The van der Waals surface area contributed by atoms with E-state index in [0.717, 1.165) is 21.9 Å². The maximum Gasteiger partial charge on any atom is 0.261 e. The third-order valence-electron chi connectivity index (χ3n) is 4.61. The van der Waals surface area contributed by atoms with Gasteiger partial charge in [0.25, 0.3) is 11.5 Å². The maximum absolute atomic E-state index is 12.5. The quantitative estimate of drug-likeness (QED) is 0.528. The van der Waals surface area contributed by atoms with E-state index in [1.165, 1.54) is 0 Å². The number of aromatic nitrogens is 1. The maximum atomic E-state index is 12.5. The predicted molar refractivity (Wildman–Crippen MR) is 113 cm³/mol. The standard InChI is InChI=1S/C23H17ClN2O2/c24-20-8-4-3-7-18(20)14-25-22(27)19-11-12-21(26-23(19)28)17-10-9-15-5-1-2-6-16(15)13-17/h1-13H,14H2,(H,25,27)(H,26,28). The van der Waals surface area contributed by atoms with E-state index in [9.17, 15) is 9.59 Å². The van der Waals surface area contributed by atoms with Gasteiger partial charge < -0.3 is 10.3 Å². The van der Waals surface area contributed by atoms with Crippen LogP contribution in [0.4, 0.5) is 0 Å². The number of pyridine rings is 1. The van der Waals surface area contributed by atoms with E-state index >= 15 is 0 Å². The minimum Gasteiger partial charge on any atom is -0.348 e. The summed E-state index contributed by atoms with van der Waals surface area (Å²) in [6, 6.07) is 24.5. The van der Waals surface area contributed by atoms with Gasteiger partial charge in [0, 0.05) is 17.3 Å². The zero-order valence-corrected chi connectivity index (χ0v) is 15.7. The molecule has 138 valence electrons. The van der Waals surface area contributed by atoms with Crippen LogP contribution in [0, 0.1) is 0 Å². The van der Waals surface area contributed by atoms with Crippen LogP contribution < -0.4 is 10.9 Å². The van der Waals surface area contributed by atoms with Gasteiger partial charge in [-0.15, -0.1) is 0 Å². The van der Waals surface area contributed by atoms with E-state index in [1.807, 2.05) is 60.7 Å². The topological polar surface area (TPSA) is 62.0 Å². The van der Waals surface area contributed by atoms with Gasteiger partial charge in [0.05, 0.1) is 0 Å². The van der Waals surface area contributed by atoms with Gasteiger partial charge in [0.15, 0.2) is 0 Å². The molecule has 0 atom stereocenters. The molecule has 0 saturated heterocycles. The monoisotopic (exact) mass is 388 g/mol. The highest BCUT2D eigenvalue weighted by Crippen LogP contribution is 2.22. The second-order valence-corrected chi connectivity index (χ2v) is 6.86. The van der Waals surface area contributed by atoms with Crippen LogP contribution in [0.2, 0.25) is 5.02 Å². The van der Waals surface area contributed by atoms with Gasteiger partial charge in [0.2, 0.25) is 0 Å². The summed E-state index contributed by atoms with van der Waals surface area (Å²) in [5.74, 6) is -0.439. The SMILES string of the molecule is O=C(NCc1ccccc1Cl)c1ccc(-c2ccc3ccccc3c2)[nH]c1=O. The lowest BCUT2D eigenvalue weighted by Gasteiger charge is -2.08. The van der Waals surface area contributed by atoms with Gasteiger partial charge in [-0.3, -0.25) is 9.59 Å². The van der Waals surface area contributed by atoms with Crippen LogP contribution in [0.15, 0.2) is 83.7 Å². The van der Waals surface area contributed by atoms with E-state index in [-0.39, 0.29) is 12.1 Å². The number of H-pyrrole nitrogens is 1. The highest BCUT2D eigenvalue weighted by atomic mass is 35.5. The summed E-state index contributed by atoms with van der Waals surface area (Å²) in [6.07, 6.45) is 0. The number of halogens is 1. The molecule has 1 amide bonds. The highest BCUT2D eigenvalue weighted by molar-refractivity contribution is 6.31. The number of rotatable bonds is 4. The largest absolute Gasteiger partial charge is 0.348 e. The van der Waals surface area contributed by atoms with Crippen LogP contribution in [0.1, 0.15) is 15.9 Å². The predicted octanol–water partition coefficient (Wildman–Crippen LogP) is 4.78. The number of fused-ring (bicyclic) bond motifs is 1. The molecule has 2 N–H and O–H groups in total. The summed E-state index contributed by atoms with van der Waals surface area (Å²) in [7, 11) is 0. The van der Waals surface area contributed by atoms with Crippen LogP contribution in [0.25, 0.3) is 22.0 Å². The Morgan fingerprint density at radius 2 is 1.64 bits per heavy atom. The molecule has 0 aliphatic rings. The van der Waals surface area contributed by atoms with Crippen molar-refractivity contribution in [3.63, 3.8) is 0 Å². The second kappa shape index (κ2) is 7.71. The van der Waals surface area contributed by atoms with Gasteiger partial charge in [-0.05, 0) is 46.2 Å². The Kier molecular flexibility index (Phi) is 4.96. The lowest BCUT2D eigenvalue weighted by molar-refractivity contribution is 0.0949. The molecule has 1 aromatic heterocycles. The molecule has 1 heterocycles. The number of amides is 1. The van der Waals surface area contributed by atoms with Crippen LogP contribution in [0.5, 0.6) is 0 Å². The summed E-state index contributed by atoms with van der Waals surface area (Å²) in [4.78, 5) is 27.7. The number of benzene rings is 3. The number of hydrogen-bond acceptors (Lipinski definition) is 2. The fraction of sp³-hybridized carbons (Fsp3) is 0.0435. The molecule has 0 aliphatic heterocycles. The Morgan fingerprint density at radius 3 is 2.43 bits per heavy atom. The molecule has 28 heavy (non-hydrogen) atoms. The van der Waals surface area contributed by atoms with Gasteiger partial charge in [-0.2, -0.15) is 0 Å². The fourth-order valence-electron chi connectivity index (χ4n) is 3.09. The summed E-state index contributed by atoms with van der Waals surface area (Å²) in [5.41, 5.74) is 1.98. The molecule has 0 radical (unpaired) electrons. The van der Waals surface area contributed by atoms with Crippen molar-refractivity contribution in [3.8, 4) is 11.3 Å². The lowest BCUT2D eigenvalue weighted by Crippen LogP contribution is -2.29. The third-order valence-corrected chi connectivity index (χ3v) is 4.98. The van der Waals surface area contributed by atoms with Gasteiger partial charge >= 0.3 is 0 Å². The van der Waals surface area contributed by atoms with Crippen molar-refractivity contribution in [2.45, 2.75) is 6.54 Å². The molecule has 4 aromatic rings. The van der Waals surface area contributed by atoms with Gasteiger partial charge in [-0.1, -0.05) is 66.2 Å². The smallest absolute Gasteiger partial charge is 0.261 e. The summed E-state index contributed by atoms with van der Waals surface area (Å²) in [5, 5.41) is 5.52. The normalized spacial score (nSPS) is 10.8. The molecule has 0 saturated carbocycles. The summed E-state index contributed by atoms with van der Waals surface area (Å²) >= 11 is 6.10. The Hall–Kier alpha value is -3.37. The minimum atomic E-state index is -0.439. The van der Waals surface area contributed by atoms with Crippen LogP contribution >= 0.6 is 11.6 Å². The first-order valence-corrected chi connectivity index (χ1v) is 9.24. The van der Waals surface area contributed by atoms with Crippen LogP contribution in [0.3, 0.4) is 0 Å². The molecule has 0 spiro atoms. The molecule has 0 fully saturated rings. The number of hydrogen-bond donors (Lipinski definition) is 2. The molecule has 3 aromatic carbocycles. The van der Waals surface area contributed by atoms with E-state index in [4.69, 9.17) is 11.6 Å². The summed E-state index contributed by atoms with van der Waals surface area (Å²) < 4.78 is 0. The Balaban J connectivity index is 1.56. The molecule has 0 aliphatic carbocycles.